The molecule has 2 aromatic rings. The Kier molecular flexibility index (Phi) is 4.48. The van der Waals surface area contributed by atoms with E-state index in [-0.39, 0.29) is 6.10 Å². The van der Waals surface area contributed by atoms with Crippen LogP contribution < -0.4 is 10.5 Å². The first kappa shape index (κ1) is 12.5. The summed E-state index contributed by atoms with van der Waals surface area (Å²) in [4.78, 5) is 1.23. The average Bonchev–Trinajstić information content (AvgIpc) is 2.90. The Hall–Kier alpha value is -0.970. The Labute approximate surface area is 110 Å². The number of nitrogens with two attached hydrogens (primary N) is 1. The van der Waals surface area contributed by atoms with Gasteiger partial charge in [0.1, 0.15) is 11.9 Å². The van der Waals surface area contributed by atoms with E-state index in [1.54, 1.807) is 23.1 Å². The van der Waals surface area contributed by atoms with Crippen molar-refractivity contribution in [1.29, 1.82) is 0 Å². The topological polar surface area (TPSA) is 35.2 Å². The van der Waals surface area contributed by atoms with E-state index in [0.29, 0.717) is 6.54 Å². The predicted octanol–water partition coefficient (Wildman–Crippen LogP) is 3.55. The predicted molar refractivity (Wildman–Crippen MR) is 75.0 cm³/mol. The van der Waals surface area contributed by atoms with Crippen LogP contribution in [-0.4, -0.2) is 12.8 Å². The number of benzene rings is 1. The molecular formula is C13H15NOS2. The van der Waals surface area contributed by atoms with Crippen LogP contribution in [-0.2, 0) is 0 Å². The summed E-state index contributed by atoms with van der Waals surface area (Å²) < 4.78 is 5.88. The highest BCUT2D eigenvalue weighted by molar-refractivity contribution is 7.98. The lowest BCUT2D eigenvalue weighted by atomic mass is 10.2. The van der Waals surface area contributed by atoms with Crippen molar-refractivity contribution in [2.45, 2.75) is 11.0 Å². The lowest BCUT2D eigenvalue weighted by molar-refractivity contribution is 0.214. The van der Waals surface area contributed by atoms with Crippen molar-refractivity contribution in [2.75, 3.05) is 12.8 Å². The zero-order chi connectivity index (χ0) is 12.1. The lowest BCUT2D eigenvalue weighted by Crippen LogP contribution is -2.17. The van der Waals surface area contributed by atoms with E-state index in [9.17, 15) is 0 Å². The molecule has 1 aromatic carbocycles. The molecular weight excluding hydrogens is 250 g/mol. The molecule has 0 aliphatic rings. The molecule has 0 fully saturated rings. The van der Waals surface area contributed by atoms with Crippen molar-refractivity contribution in [3.8, 4) is 5.75 Å². The smallest absolute Gasteiger partial charge is 0.137 e. The Bertz CT molecular complexity index is 439. The summed E-state index contributed by atoms with van der Waals surface area (Å²) in [5.41, 5.74) is 6.89. The number of hydrogen-bond acceptors (Lipinski definition) is 4. The van der Waals surface area contributed by atoms with Gasteiger partial charge in [-0.1, -0.05) is 0 Å². The Morgan fingerprint density at radius 1 is 1.29 bits per heavy atom. The fourth-order valence-corrected chi connectivity index (χ4v) is 2.64. The SMILES string of the molecule is CSc1ccc(OC(CN)c2ccsc2)cc1. The largest absolute Gasteiger partial charge is 0.484 e. The van der Waals surface area contributed by atoms with Crippen molar-refractivity contribution in [2.24, 2.45) is 5.73 Å². The van der Waals surface area contributed by atoms with Crippen LogP contribution in [0.2, 0.25) is 0 Å². The Morgan fingerprint density at radius 3 is 2.59 bits per heavy atom. The molecule has 0 aliphatic heterocycles. The number of hydrogen-bond donors (Lipinski definition) is 1. The van der Waals surface area contributed by atoms with Crippen molar-refractivity contribution in [3.05, 3.63) is 46.7 Å². The van der Waals surface area contributed by atoms with Crippen LogP contribution in [0.1, 0.15) is 11.7 Å². The maximum Gasteiger partial charge on any atom is 0.137 e. The first-order valence-electron chi connectivity index (χ1n) is 5.36. The number of rotatable bonds is 5. The molecule has 2 N–H and O–H groups in total. The van der Waals surface area contributed by atoms with Crippen LogP contribution in [0.3, 0.4) is 0 Å². The highest BCUT2D eigenvalue weighted by Gasteiger charge is 2.11. The minimum Gasteiger partial charge on any atom is -0.484 e. The first-order valence-corrected chi connectivity index (χ1v) is 7.53. The van der Waals surface area contributed by atoms with Crippen LogP contribution >= 0.6 is 23.1 Å². The summed E-state index contributed by atoms with van der Waals surface area (Å²) in [6, 6.07) is 10.1. The molecule has 2 nitrogen and oxygen atoms in total. The van der Waals surface area contributed by atoms with Crippen LogP contribution in [0.5, 0.6) is 5.75 Å². The molecule has 1 unspecified atom stereocenters. The molecule has 1 aromatic heterocycles. The number of thiophene rings is 1. The molecule has 0 spiro atoms. The van der Waals surface area contributed by atoms with E-state index in [1.807, 2.05) is 17.5 Å². The molecule has 1 heterocycles. The molecule has 0 radical (unpaired) electrons. The van der Waals surface area contributed by atoms with Gasteiger partial charge in [0.25, 0.3) is 0 Å². The summed E-state index contributed by atoms with van der Waals surface area (Å²) in [7, 11) is 0. The fraction of sp³-hybridized carbons (Fsp3) is 0.231. The number of ether oxygens (including phenoxy) is 1. The standard InChI is InChI=1S/C13H15NOS2/c1-16-12-4-2-11(3-5-12)15-13(8-14)10-6-7-17-9-10/h2-7,9,13H,8,14H2,1H3. The average molecular weight is 265 g/mol. The summed E-state index contributed by atoms with van der Waals surface area (Å²) in [6.07, 6.45) is 2.01. The highest BCUT2D eigenvalue weighted by Crippen LogP contribution is 2.25. The third-order valence-corrected chi connectivity index (χ3v) is 3.91. The van der Waals surface area contributed by atoms with Crippen molar-refractivity contribution in [1.82, 2.24) is 0 Å². The molecule has 2 rings (SSSR count). The van der Waals surface area contributed by atoms with Crippen LogP contribution in [0.4, 0.5) is 0 Å². The van der Waals surface area contributed by atoms with Gasteiger partial charge >= 0.3 is 0 Å². The summed E-state index contributed by atoms with van der Waals surface area (Å²) >= 11 is 3.38. The maximum atomic E-state index is 5.88. The van der Waals surface area contributed by atoms with Gasteiger partial charge in [0.05, 0.1) is 0 Å². The second-order valence-corrected chi connectivity index (χ2v) is 5.23. The minimum atomic E-state index is -0.0543. The molecule has 0 amide bonds. The van der Waals surface area contributed by atoms with Crippen LogP contribution in [0.15, 0.2) is 46.0 Å². The quantitative estimate of drug-likeness (QED) is 0.840. The van der Waals surface area contributed by atoms with E-state index >= 15 is 0 Å². The van der Waals surface area contributed by atoms with E-state index in [4.69, 9.17) is 10.5 Å². The third-order valence-electron chi connectivity index (χ3n) is 2.47. The summed E-state index contributed by atoms with van der Waals surface area (Å²) in [5.74, 6) is 0.865. The molecule has 4 heteroatoms. The Balaban J connectivity index is 2.07. The third kappa shape index (κ3) is 3.25. The van der Waals surface area contributed by atoms with Crippen molar-refractivity contribution >= 4 is 23.1 Å². The van der Waals surface area contributed by atoms with Gasteiger partial charge in [0, 0.05) is 17.0 Å². The monoisotopic (exact) mass is 265 g/mol. The normalized spacial score (nSPS) is 12.4. The highest BCUT2D eigenvalue weighted by atomic mass is 32.2. The molecule has 0 aliphatic carbocycles. The maximum absolute atomic E-state index is 5.88. The molecule has 0 saturated heterocycles. The van der Waals surface area contributed by atoms with Crippen molar-refractivity contribution in [3.63, 3.8) is 0 Å². The van der Waals surface area contributed by atoms with E-state index in [2.05, 4.69) is 29.8 Å². The fourth-order valence-electron chi connectivity index (χ4n) is 1.53. The lowest BCUT2D eigenvalue weighted by Gasteiger charge is -2.16. The van der Waals surface area contributed by atoms with E-state index in [1.165, 1.54) is 4.90 Å². The first-order chi connectivity index (χ1) is 8.33. The minimum absolute atomic E-state index is 0.0543. The van der Waals surface area contributed by atoms with Crippen LogP contribution in [0, 0.1) is 0 Å². The van der Waals surface area contributed by atoms with Gasteiger partial charge in [-0.3, -0.25) is 0 Å². The molecule has 90 valence electrons. The molecule has 1 atom stereocenters. The molecule has 17 heavy (non-hydrogen) atoms. The van der Waals surface area contributed by atoms with Gasteiger partial charge in [0.2, 0.25) is 0 Å². The zero-order valence-corrected chi connectivity index (χ0v) is 11.3. The van der Waals surface area contributed by atoms with Gasteiger partial charge in [-0.25, -0.2) is 0 Å². The molecule has 0 bridgehead atoms. The molecule has 0 saturated carbocycles. The Morgan fingerprint density at radius 2 is 2.06 bits per heavy atom. The second kappa shape index (κ2) is 6.10. The van der Waals surface area contributed by atoms with Gasteiger partial charge in [-0.05, 0) is 47.3 Å². The number of thioether (sulfide) groups is 1. The van der Waals surface area contributed by atoms with Crippen LogP contribution in [0.25, 0.3) is 0 Å². The zero-order valence-electron chi connectivity index (χ0n) is 9.63. The van der Waals surface area contributed by atoms with Gasteiger partial charge in [-0.2, -0.15) is 11.3 Å². The second-order valence-electron chi connectivity index (χ2n) is 3.57. The summed E-state index contributed by atoms with van der Waals surface area (Å²) in [6.45, 7) is 0.487. The summed E-state index contributed by atoms with van der Waals surface area (Å²) in [5, 5.41) is 4.12. The van der Waals surface area contributed by atoms with E-state index < -0.39 is 0 Å². The van der Waals surface area contributed by atoms with Gasteiger partial charge < -0.3 is 10.5 Å². The van der Waals surface area contributed by atoms with Gasteiger partial charge in [-0.15, -0.1) is 11.8 Å². The van der Waals surface area contributed by atoms with Gasteiger partial charge in [0.15, 0.2) is 0 Å². The van der Waals surface area contributed by atoms with Crippen molar-refractivity contribution < 1.29 is 4.74 Å². The van der Waals surface area contributed by atoms with E-state index in [0.717, 1.165) is 11.3 Å².